The van der Waals surface area contributed by atoms with Gasteiger partial charge in [-0.25, -0.2) is 4.79 Å². The van der Waals surface area contributed by atoms with E-state index >= 15 is 0 Å². The Bertz CT molecular complexity index is 815. The van der Waals surface area contributed by atoms with E-state index in [2.05, 4.69) is 10.6 Å². The molecule has 4 atom stereocenters. The third-order valence-electron chi connectivity index (χ3n) is 6.43. The third-order valence-corrected chi connectivity index (χ3v) is 7.64. The lowest BCUT2D eigenvalue weighted by Gasteiger charge is -2.50. The van der Waals surface area contributed by atoms with Gasteiger partial charge in [0.1, 0.15) is 0 Å². The average molecular weight is 446 g/mol. The molecule has 31 heavy (non-hydrogen) atoms. The normalized spacial score (nSPS) is 29.5. The van der Waals surface area contributed by atoms with Crippen LogP contribution in [0.3, 0.4) is 0 Å². The topological polar surface area (TPSA) is 85.0 Å². The zero-order valence-electron chi connectivity index (χ0n) is 18.1. The molecule has 3 aliphatic heterocycles. The van der Waals surface area contributed by atoms with Crippen molar-refractivity contribution in [2.24, 2.45) is 5.92 Å². The van der Waals surface area contributed by atoms with Crippen LogP contribution in [-0.2, 0) is 9.59 Å². The van der Waals surface area contributed by atoms with Crippen molar-refractivity contribution < 1.29 is 14.4 Å². The number of carbonyl (C=O) groups excluding carboxylic acids is 3. The van der Waals surface area contributed by atoms with Crippen molar-refractivity contribution in [1.29, 1.82) is 0 Å². The Labute approximate surface area is 187 Å². The number of urea groups is 1. The highest BCUT2D eigenvalue weighted by Crippen LogP contribution is 2.34. The minimum atomic E-state index is -0.477. The number of rotatable bonds is 4. The summed E-state index contributed by atoms with van der Waals surface area (Å²) in [5.74, 6) is -0.258. The van der Waals surface area contributed by atoms with E-state index in [9.17, 15) is 14.4 Å². The Morgan fingerprint density at radius 1 is 1.03 bits per heavy atom. The molecule has 0 spiro atoms. The molecule has 4 amide bonds. The molecular weight excluding hydrogens is 414 g/mol. The Kier molecular flexibility index (Phi) is 6.83. The molecular formula is C22H31N5O3S. The highest BCUT2D eigenvalue weighted by molar-refractivity contribution is 8.00. The molecule has 3 saturated heterocycles. The van der Waals surface area contributed by atoms with Gasteiger partial charge >= 0.3 is 6.03 Å². The second-order valence-corrected chi connectivity index (χ2v) is 9.59. The Morgan fingerprint density at radius 2 is 1.71 bits per heavy atom. The number of amides is 4. The molecule has 0 bridgehead atoms. The summed E-state index contributed by atoms with van der Waals surface area (Å²) in [5, 5.41) is 6.66. The van der Waals surface area contributed by atoms with Crippen molar-refractivity contribution in [2.75, 3.05) is 32.9 Å². The highest BCUT2D eigenvalue weighted by Gasteiger charge is 2.51. The monoisotopic (exact) mass is 445 g/mol. The first-order valence-electron chi connectivity index (χ1n) is 11.0. The van der Waals surface area contributed by atoms with Crippen molar-refractivity contribution in [3.8, 4) is 0 Å². The third kappa shape index (κ3) is 4.58. The number of benzene rings is 1. The van der Waals surface area contributed by atoms with E-state index < -0.39 is 12.1 Å². The molecule has 4 unspecified atom stereocenters. The predicted octanol–water partition coefficient (Wildman–Crippen LogP) is 1.81. The van der Waals surface area contributed by atoms with Crippen LogP contribution in [0.5, 0.6) is 0 Å². The van der Waals surface area contributed by atoms with Gasteiger partial charge in [0.15, 0.2) is 0 Å². The summed E-state index contributed by atoms with van der Waals surface area (Å²) < 4.78 is 0. The van der Waals surface area contributed by atoms with E-state index in [0.717, 1.165) is 31.5 Å². The van der Waals surface area contributed by atoms with E-state index in [0.29, 0.717) is 5.75 Å². The summed E-state index contributed by atoms with van der Waals surface area (Å²) >= 11 is 1.47. The smallest absolute Gasteiger partial charge is 0.327 e. The Balaban J connectivity index is 1.53. The maximum atomic E-state index is 13.1. The van der Waals surface area contributed by atoms with Crippen LogP contribution in [0.15, 0.2) is 30.3 Å². The van der Waals surface area contributed by atoms with Crippen LogP contribution < -0.4 is 10.6 Å². The minimum absolute atomic E-state index is 0.126. The number of nitrogens with one attached hydrogen (secondary N) is 2. The summed E-state index contributed by atoms with van der Waals surface area (Å²) in [6.45, 7) is 1.63. The van der Waals surface area contributed by atoms with Gasteiger partial charge < -0.3 is 9.80 Å². The first-order valence-corrected chi connectivity index (χ1v) is 12.0. The van der Waals surface area contributed by atoms with Crippen LogP contribution in [0.2, 0.25) is 0 Å². The maximum absolute atomic E-state index is 13.1. The number of carbonyl (C=O) groups is 3. The Hall–Kier alpha value is -2.10. The van der Waals surface area contributed by atoms with Crippen molar-refractivity contribution in [3.05, 3.63) is 35.9 Å². The van der Waals surface area contributed by atoms with Crippen molar-refractivity contribution in [1.82, 2.24) is 25.3 Å². The van der Waals surface area contributed by atoms with E-state index in [-0.39, 0.29) is 29.4 Å². The van der Waals surface area contributed by atoms with Crippen LogP contribution in [0.25, 0.3) is 0 Å². The second-order valence-electron chi connectivity index (χ2n) is 8.46. The van der Waals surface area contributed by atoms with Crippen LogP contribution in [-0.4, -0.2) is 77.0 Å². The average Bonchev–Trinajstić information content (AvgIpc) is 3.09. The van der Waals surface area contributed by atoms with E-state index in [1.165, 1.54) is 36.6 Å². The van der Waals surface area contributed by atoms with Crippen LogP contribution in [0, 0.1) is 5.92 Å². The molecule has 1 aromatic carbocycles. The molecule has 4 rings (SSSR count). The number of hydrogen-bond donors (Lipinski definition) is 2. The molecule has 2 N–H and O–H groups in total. The number of thioether (sulfide) groups is 1. The molecule has 0 aliphatic carbocycles. The maximum Gasteiger partial charge on any atom is 0.327 e. The van der Waals surface area contributed by atoms with Crippen LogP contribution in [0.1, 0.15) is 37.4 Å². The minimum Gasteiger partial charge on any atom is -0.342 e. The Morgan fingerprint density at radius 3 is 2.39 bits per heavy atom. The van der Waals surface area contributed by atoms with E-state index in [1.54, 1.807) is 11.9 Å². The zero-order valence-corrected chi connectivity index (χ0v) is 18.9. The standard InChI is InChI=1S/C22H31N5O3S/c1-25-19-17(21(29)26(2)22(25)30)20(24-18(23-19)15-10-6-5-7-11-15)31-14-16(28)27-12-8-3-4-9-13-27/h5-7,10-11,17-20,23-24H,3-4,8-9,12-14H2,1-2H3. The molecule has 168 valence electrons. The lowest BCUT2D eigenvalue weighted by atomic mass is 9.96. The number of nitrogens with zero attached hydrogens (tertiary/aromatic N) is 3. The fraction of sp³-hybridized carbons (Fsp3) is 0.591. The number of hydrogen-bond acceptors (Lipinski definition) is 6. The first kappa shape index (κ1) is 22.1. The van der Waals surface area contributed by atoms with Gasteiger partial charge in [-0.05, 0) is 18.4 Å². The second kappa shape index (κ2) is 9.58. The summed E-state index contributed by atoms with van der Waals surface area (Å²) in [7, 11) is 3.23. The quantitative estimate of drug-likeness (QED) is 0.735. The lowest BCUT2D eigenvalue weighted by Crippen LogP contribution is -2.72. The van der Waals surface area contributed by atoms with Gasteiger partial charge in [0.25, 0.3) is 0 Å². The molecule has 9 heteroatoms. The summed E-state index contributed by atoms with van der Waals surface area (Å²) in [6.07, 6.45) is 3.80. The van der Waals surface area contributed by atoms with Crippen LogP contribution >= 0.6 is 11.8 Å². The van der Waals surface area contributed by atoms with E-state index in [1.807, 2.05) is 35.2 Å². The van der Waals surface area contributed by atoms with Gasteiger partial charge in [-0.3, -0.25) is 25.1 Å². The van der Waals surface area contributed by atoms with Crippen molar-refractivity contribution in [3.63, 3.8) is 0 Å². The first-order chi connectivity index (χ1) is 15.0. The summed E-state index contributed by atoms with van der Waals surface area (Å²) in [6, 6.07) is 9.57. The molecule has 3 fully saturated rings. The summed E-state index contributed by atoms with van der Waals surface area (Å²) in [4.78, 5) is 43.2. The molecule has 1 aromatic rings. The number of likely N-dealkylation sites (tertiary alicyclic amines) is 1. The van der Waals surface area contributed by atoms with Gasteiger partial charge in [-0.2, -0.15) is 0 Å². The van der Waals surface area contributed by atoms with Crippen molar-refractivity contribution in [2.45, 2.75) is 43.4 Å². The SMILES string of the molecule is CN1C(=O)C2C(SCC(=O)N3CCCCCC3)NC(c3ccccc3)NC2N(C)C1=O. The molecule has 0 radical (unpaired) electrons. The summed E-state index contributed by atoms with van der Waals surface area (Å²) in [5.41, 5.74) is 1.03. The fourth-order valence-electron chi connectivity index (χ4n) is 4.61. The molecule has 0 aromatic heterocycles. The van der Waals surface area contributed by atoms with E-state index in [4.69, 9.17) is 0 Å². The molecule has 0 saturated carbocycles. The van der Waals surface area contributed by atoms with Crippen molar-refractivity contribution >= 4 is 29.6 Å². The van der Waals surface area contributed by atoms with Gasteiger partial charge in [0, 0.05) is 27.2 Å². The van der Waals surface area contributed by atoms with Gasteiger partial charge in [-0.15, -0.1) is 11.8 Å². The lowest BCUT2D eigenvalue weighted by molar-refractivity contribution is -0.140. The molecule has 3 heterocycles. The molecule has 8 nitrogen and oxygen atoms in total. The van der Waals surface area contributed by atoms with Gasteiger partial charge in [-0.1, -0.05) is 43.2 Å². The zero-order chi connectivity index (χ0) is 22.0. The highest BCUT2D eigenvalue weighted by atomic mass is 32.2. The van der Waals surface area contributed by atoms with Crippen LogP contribution in [0.4, 0.5) is 4.79 Å². The number of imide groups is 1. The van der Waals surface area contributed by atoms with Gasteiger partial charge in [0.05, 0.1) is 29.4 Å². The largest absolute Gasteiger partial charge is 0.342 e. The number of fused-ring (bicyclic) bond motifs is 1. The molecule has 3 aliphatic rings. The predicted molar refractivity (Wildman–Crippen MR) is 120 cm³/mol. The van der Waals surface area contributed by atoms with Gasteiger partial charge in [0.2, 0.25) is 11.8 Å². The fourth-order valence-corrected chi connectivity index (χ4v) is 5.82.